The van der Waals surface area contributed by atoms with Crippen molar-refractivity contribution < 1.29 is 49.1 Å². The average molecular weight is 568 g/mol. The lowest BCUT2D eigenvalue weighted by Gasteiger charge is -2.27. The summed E-state index contributed by atoms with van der Waals surface area (Å²) in [5, 5.41) is 10.2. The zero-order valence-electron chi connectivity index (χ0n) is 19.9. The molecule has 2 amide bonds. The molecule has 0 radical (unpaired) electrons. The summed E-state index contributed by atoms with van der Waals surface area (Å²) in [5.74, 6) is -2.11. The number of alkyl halides is 6. The third kappa shape index (κ3) is 5.55. The van der Waals surface area contributed by atoms with Crippen molar-refractivity contribution in [2.45, 2.75) is 73.1 Å². The summed E-state index contributed by atoms with van der Waals surface area (Å²) in [5.41, 5.74) is -3.67. The van der Waals surface area contributed by atoms with E-state index in [1.165, 1.54) is 0 Å². The van der Waals surface area contributed by atoms with Crippen LogP contribution < -0.4 is 10.1 Å². The molecular weight excluding hydrogens is 544 g/mol. The van der Waals surface area contributed by atoms with E-state index in [1.54, 1.807) is 6.92 Å². The van der Waals surface area contributed by atoms with Crippen molar-refractivity contribution in [2.24, 2.45) is 5.41 Å². The number of likely N-dealkylation sites (tertiary alicyclic amines) is 1. The van der Waals surface area contributed by atoms with Crippen molar-refractivity contribution in [3.05, 3.63) is 23.8 Å². The molecule has 2 unspecified atom stereocenters. The summed E-state index contributed by atoms with van der Waals surface area (Å²) in [7, 11) is -4.84. The number of benzene rings is 1. The normalized spacial score (nSPS) is 23.9. The summed E-state index contributed by atoms with van der Waals surface area (Å²) in [6.07, 6.45) is -8.89. The quantitative estimate of drug-likeness (QED) is 0.506. The number of nitriles is 1. The molecule has 4 rings (SSSR count). The van der Waals surface area contributed by atoms with Gasteiger partial charge in [-0.05, 0) is 50.3 Å². The Hall–Kier alpha value is -3.02. The molecule has 1 aromatic carbocycles. The topological polar surface area (TPSA) is 117 Å². The van der Waals surface area contributed by atoms with E-state index in [4.69, 9.17) is 0 Å². The molecule has 3 fully saturated rings. The standard InChI is InChI=1S/C23H23F6N3O5S/c1-20(4-5-20)19(34)32-10-14(9-16(32)18(33)31-21(11-30)6-7-21)38(35,36)17-3-2-13(37-12-22(24,25)26)8-15(17)23(27,28)29/h2-3,8,14,16H,4-7,9-10,12H2,1H3,(H,31,33). The second-order valence-corrected chi connectivity index (χ2v) is 12.4. The van der Waals surface area contributed by atoms with Gasteiger partial charge in [-0.25, -0.2) is 8.42 Å². The van der Waals surface area contributed by atoms with Gasteiger partial charge in [-0.3, -0.25) is 9.59 Å². The minimum Gasteiger partial charge on any atom is -0.484 e. The van der Waals surface area contributed by atoms with Gasteiger partial charge in [-0.2, -0.15) is 31.6 Å². The predicted molar refractivity (Wildman–Crippen MR) is 117 cm³/mol. The highest BCUT2D eigenvalue weighted by atomic mass is 32.2. The number of halogens is 6. The maximum absolute atomic E-state index is 13.8. The molecule has 1 heterocycles. The van der Waals surface area contributed by atoms with Gasteiger partial charge in [0.1, 0.15) is 17.3 Å². The number of sulfone groups is 1. The van der Waals surface area contributed by atoms with Gasteiger partial charge in [0, 0.05) is 12.0 Å². The highest BCUT2D eigenvalue weighted by Gasteiger charge is 2.55. The lowest BCUT2D eigenvalue weighted by atomic mass is 10.1. The number of carbonyl (C=O) groups is 2. The summed E-state index contributed by atoms with van der Waals surface area (Å²) >= 11 is 0. The lowest BCUT2D eigenvalue weighted by molar-refractivity contribution is -0.153. The molecule has 2 saturated carbocycles. The van der Waals surface area contributed by atoms with Crippen molar-refractivity contribution in [3.63, 3.8) is 0 Å². The Labute approximate surface area is 213 Å². The molecule has 2 atom stereocenters. The van der Waals surface area contributed by atoms with E-state index >= 15 is 0 Å². The van der Waals surface area contributed by atoms with Crippen LogP contribution in [0.25, 0.3) is 0 Å². The molecular formula is C23H23F6N3O5S. The molecule has 1 N–H and O–H groups in total. The first kappa shape index (κ1) is 28.0. The number of rotatable bonds is 7. The van der Waals surface area contributed by atoms with Crippen LogP contribution >= 0.6 is 0 Å². The number of hydrogen-bond donors (Lipinski definition) is 1. The van der Waals surface area contributed by atoms with Gasteiger partial charge in [0.2, 0.25) is 11.8 Å². The summed E-state index contributed by atoms with van der Waals surface area (Å²) < 4.78 is 110. The Morgan fingerprint density at radius 1 is 1.16 bits per heavy atom. The van der Waals surface area contributed by atoms with Crippen LogP contribution in [-0.2, 0) is 25.6 Å². The van der Waals surface area contributed by atoms with Crippen molar-refractivity contribution in [2.75, 3.05) is 13.2 Å². The first-order chi connectivity index (χ1) is 17.4. The lowest BCUT2D eigenvalue weighted by Crippen LogP contribution is -2.50. The fourth-order valence-corrected chi connectivity index (χ4v) is 6.26. The molecule has 1 aromatic rings. The van der Waals surface area contributed by atoms with Crippen LogP contribution in [-0.4, -0.2) is 61.3 Å². The minimum atomic E-state index is -5.27. The van der Waals surface area contributed by atoms with Crippen LogP contribution in [0.3, 0.4) is 0 Å². The largest absolute Gasteiger partial charge is 0.484 e. The first-order valence-electron chi connectivity index (χ1n) is 11.6. The van der Waals surface area contributed by atoms with Gasteiger partial charge in [-0.1, -0.05) is 6.92 Å². The molecule has 0 bridgehead atoms. The zero-order chi connectivity index (χ0) is 28.3. The Morgan fingerprint density at radius 3 is 2.29 bits per heavy atom. The van der Waals surface area contributed by atoms with Crippen molar-refractivity contribution >= 4 is 21.7 Å². The third-order valence-electron chi connectivity index (χ3n) is 7.07. The number of nitrogens with zero attached hydrogens (tertiary/aromatic N) is 2. The molecule has 208 valence electrons. The summed E-state index contributed by atoms with van der Waals surface area (Å²) in [6.45, 7) is -0.806. The van der Waals surface area contributed by atoms with Gasteiger partial charge in [0.15, 0.2) is 16.4 Å². The van der Waals surface area contributed by atoms with Crippen molar-refractivity contribution in [1.82, 2.24) is 10.2 Å². The number of carbonyl (C=O) groups excluding carboxylic acids is 2. The highest BCUT2D eigenvalue weighted by Crippen LogP contribution is 2.48. The van der Waals surface area contributed by atoms with Crippen molar-refractivity contribution in [1.29, 1.82) is 5.26 Å². The molecule has 15 heteroatoms. The number of ether oxygens (including phenoxy) is 1. The van der Waals surface area contributed by atoms with E-state index in [1.807, 2.05) is 6.07 Å². The Morgan fingerprint density at radius 2 is 1.79 bits per heavy atom. The van der Waals surface area contributed by atoms with Gasteiger partial charge in [0.05, 0.1) is 21.8 Å². The third-order valence-corrected chi connectivity index (χ3v) is 9.26. The van der Waals surface area contributed by atoms with E-state index in [0.717, 1.165) is 4.90 Å². The molecule has 2 aliphatic carbocycles. The maximum Gasteiger partial charge on any atom is 0.422 e. The highest BCUT2D eigenvalue weighted by molar-refractivity contribution is 7.92. The SMILES string of the molecule is CC1(C(=O)N2CC(S(=O)(=O)c3ccc(OCC(F)(F)F)cc3C(F)(F)F)CC2C(=O)NC2(C#N)CC2)CC1. The fraction of sp³-hybridized carbons (Fsp3) is 0.609. The van der Waals surface area contributed by atoms with Gasteiger partial charge in [-0.15, -0.1) is 0 Å². The first-order valence-corrected chi connectivity index (χ1v) is 13.1. The van der Waals surface area contributed by atoms with Crippen LogP contribution in [0.5, 0.6) is 5.75 Å². The van der Waals surface area contributed by atoms with Crippen LogP contribution in [0, 0.1) is 16.7 Å². The van der Waals surface area contributed by atoms with Crippen LogP contribution in [0.1, 0.15) is 44.6 Å². The van der Waals surface area contributed by atoms with Crippen LogP contribution in [0.2, 0.25) is 0 Å². The summed E-state index contributed by atoms with van der Waals surface area (Å²) in [6, 6.07) is 2.00. The van der Waals surface area contributed by atoms with Gasteiger partial charge >= 0.3 is 12.4 Å². The Kier molecular flexibility index (Phi) is 6.65. The van der Waals surface area contributed by atoms with E-state index < -0.39 is 92.0 Å². The molecule has 1 aliphatic heterocycles. The Bertz CT molecular complexity index is 1300. The average Bonchev–Trinajstić information content (AvgIpc) is 3.72. The predicted octanol–water partition coefficient (Wildman–Crippen LogP) is 3.36. The fourth-order valence-electron chi connectivity index (χ4n) is 4.37. The van der Waals surface area contributed by atoms with E-state index in [9.17, 15) is 49.6 Å². The minimum absolute atomic E-state index is 0.176. The van der Waals surface area contributed by atoms with E-state index in [2.05, 4.69) is 10.1 Å². The number of hydrogen-bond acceptors (Lipinski definition) is 6. The molecule has 8 nitrogen and oxygen atoms in total. The van der Waals surface area contributed by atoms with E-state index in [-0.39, 0.29) is 6.07 Å². The number of nitrogens with one attached hydrogen (secondary N) is 1. The molecule has 1 saturated heterocycles. The Balaban J connectivity index is 1.66. The summed E-state index contributed by atoms with van der Waals surface area (Å²) in [4.78, 5) is 26.0. The van der Waals surface area contributed by atoms with Gasteiger partial charge in [0.25, 0.3) is 0 Å². The van der Waals surface area contributed by atoms with Crippen molar-refractivity contribution in [3.8, 4) is 11.8 Å². The zero-order valence-corrected chi connectivity index (χ0v) is 20.8. The molecule has 0 aromatic heterocycles. The van der Waals surface area contributed by atoms with Crippen LogP contribution in [0.4, 0.5) is 26.3 Å². The van der Waals surface area contributed by atoms with E-state index in [0.29, 0.717) is 37.8 Å². The number of amides is 2. The maximum atomic E-state index is 13.8. The second kappa shape index (κ2) is 9.03. The monoisotopic (exact) mass is 567 g/mol. The molecule has 38 heavy (non-hydrogen) atoms. The molecule has 3 aliphatic rings. The molecule has 0 spiro atoms. The smallest absolute Gasteiger partial charge is 0.422 e. The van der Waals surface area contributed by atoms with Crippen LogP contribution in [0.15, 0.2) is 23.1 Å². The second-order valence-electron chi connectivity index (χ2n) is 10.2. The van der Waals surface area contributed by atoms with Gasteiger partial charge < -0.3 is 15.0 Å².